The van der Waals surface area contributed by atoms with Crippen molar-refractivity contribution in [2.75, 3.05) is 11.9 Å². The molecule has 3 heteroatoms. The highest BCUT2D eigenvalue weighted by Gasteiger charge is 2.01. The van der Waals surface area contributed by atoms with E-state index in [0.29, 0.717) is 0 Å². The number of fused-ring (bicyclic) bond motifs is 1. The summed E-state index contributed by atoms with van der Waals surface area (Å²) in [7, 11) is 0. The average molecular weight is 271 g/mol. The molecule has 2 aromatic rings. The minimum absolute atomic E-state index is 0.836. The highest BCUT2D eigenvalue weighted by Crippen LogP contribution is 2.19. The Balaban J connectivity index is 1.73. The summed E-state index contributed by atoms with van der Waals surface area (Å²) in [6.07, 6.45) is 8.39. The van der Waals surface area contributed by atoms with Gasteiger partial charge in [0.2, 0.25) is 0 Å². The molecule has 1 N–H and O–H groups in total. The van der Waals surface area contributed by atoms with E-state index in [4.69, 9.17) is 0 Å². The normalized spacial score (nSPS) is 11.2. The van der Waals surface area contributed by atoms with Gasteiger partial charge in [0, 0.05) is 11.9 Å². The first-order valence-electron chi connectivity index (χ1n) is 7.71. The fourth-order valence-corrected chi connectivity index (χ4v) is 2.40. The van der Waals surface area contributed by atoms with Crippen LogP contribution in [0.1, 0.15) is 46.0 Å². The summed E-state index contributed by atoms with van der Waals surface area (Å²) in [6.45, 7) is 5.60. The van der Waals surface area contributed by atoms with Crippen molar-refractivity contribution >= 4 is 16.6 Å². The topological polar surface area (TPSA) is 37.8 Å². The maximum absolute atomic E-state index is 4.14. The summed E-state index contributed by atoms with van der Waals surface area (Å²) in [4.78, 5) is 0. The Morgan fingerprint density at radius 1 is 1.05 bits per heavy atom. The molecule has 0 aliphatic rings. The van der Waals surface area contributed by atoms with Crippen molar-refractivity contribution in [3.8, 4) is 0 Å². The summed E-state index contributed by atoms with van der Waals surface area (Å²) in [5.74, 6) is 0.836. The van der Waals surface area contributed by atoms with E-state index in [1.54, 1.807) is 0 Å². The first-order chi connectivity index (χ1) is 9.77. The third-order valence-corrected chi connectivity index (χ3v) is 3.57. The second-order valence-corrected chi connectivity index (χ2v) is 5.80. The zero-order chi connectivity index (χ0) is 14.2. The molecule has 0 unspecified atom stereocenters. The van der Waals surface area contributed by atoms with Crippen molar-refractivity contribution in [1.82, 2.24) is 10.2 Å². The van der Waals surface area contributed by atoms with E-state index in [1.807, 2.05) is 24.4 Å². The van der Waals surface area contributed by atoms with E-state index in [9.17, 15) is 0 Å². The Morgan fingerprint density at radius 3 is 2.70 bits per heavy atom. The number of rotatable bonds is 8. The van der Waals surface area contributed by atoms with Crippen LogP contribution in [0.5, 0.6) is 0 Å². The summed E-state index contributed by atoms with van der Waals surface area (Å²) in [6, 6.07) is 8.13. The predicted molar refractivity (Wildman–Crippen MR) is 86.0 cm³/mol. The third kappa shape index (κ3) is 4.48. The highest BCUT2D eigenvalue weighted by molar-refractivity contribution is 5.90. The standard InChI is InChI=1S/C17H25N3/c1-14(2)9-5-3-4-8-12-18-17-13-19-20-16-11-7-6-10-15(16)17/h6-7,10-11,13-14H,3-5,8-9,12H2,1-2H3,(H,18,20). The van der Waals surface area contributed by atoms with Gasteiger partial charge < -0.3 is 5.32 Å². The summed E-state index contributed by atoms with van der Waals surface area (Å²) in [5.41, 5.74) is 2.05. The zero-order valence-electron chi connectivity index (χ0n) is 12.6. The molecule has 0 atom stereocenters. The largest absolute Gasteiger partial charge is 0.383 e. The van der Waals surface area contributed by atoms with Gasteiger partial charge in [0.25, 0.3) is 0 Å². The number of nitrogens with zero attached hydrogens (tertiary/aromatic N) is 2. The van der Waals surface area contributed by atoms with Crippen molar-refractivity contribution in [3.63, 3.8) is 0 Å². The molecule has 0 radical (unpaired) electrons. The molecule has 1 heterocycles. The second kappa shape index (κ2) is 7.83. The lowest BCUT2D eigenvalue weighted by atomic mass is 10.0. The van der Waals surface area contributed by atoms with Gasteiger partial charge in [-0.1, -0.05) is 57.7 Å². The Labute approximate surface area is 121 Å². The van der Waals surface area contributed by atoms with Crippen LogP contribution in [0.3, 0.4) is 0 Å². The van der Waals surface area contributed by atoms with Gasteiger partial charge in [0.05, 0.1) is 17.4 Å². The van der Waals surface area contributed by atoms with Crippen LogP contribution in [0.2, 0.25) is 0 Å². The number of hydrogen-bond acceptors (Lipinski definition) is 3. The van der Waals surface area contributed by atoms with Gasteiger partial charge in [0.15, 0.2) is 0 Å². The molecule has 0 amide bonds. The molecule has 1 aromatic heterocycles. The number of aromatic nitrogens is 2. The number of anilines is 1. The minimum Gasteiger partial charge on any atom is -0.383 e. The Kier molecular flexibility index (Phi) is 5.78. The molecule has 0 aliphatic carbocycles. The number of unbranched alkanes of at least 4 members (excludes halogenated alkanes) is 3. The van der Waals surface area contributed by atoms with Crippen LogP contribution in [0.25, 0.3) is 10.9 Å². The van der Waals surface area contributed by atoms with Crippen molar-refractivity contribution in [3.05, 3.63) is 30.5 Å². The maximum Gasteiger partial charge on any atom is 0.0950 e. The molecule has 1 aromatic carbocycles. The van der Waals surface area contributed by atoms with Gasteiger partial charge in [-0.25, -0.2) is 0 Å². The van der Waals surface area contributed by atoms with Crippen LogP contribution in [0.15, 0.2) is 30.5 Å². The lowest BCUT2D eigenvalue weighted by Gasteiger charge is -2.08. The lowest BCUT2D eigenvalue weighted by Crippen LogP contribution is -2.03. The fraction of sp³-hybridized carbons (Fsp3) is 0.529. The molecule has 0 aliphatic heterocycles. The smallest absolute Gasteiger partial charge is 0.0950 e. The lowest BCUT2D eigenvalue weighted by molar-refractivity contribution is 0.523. The van der Waals surface area contributed by atoms with Crippen LogP contribution in [-0.4, -0.2) is 16.7 Å². The number of hydrogen-bond donors (Lipinski definition) is 1. The Hall–Kier alpha value is -1.64. The molecule has 0 spiro atoms. The monoisotopic (exact) mass is 271 g/mol. The molecule has 20 heavy (non-hydrogen) atoms. The first kappa shape index (κ1) is 14.8. The SMILES string of the molecule is CC(C)CCCCCCNc1cnnc2ccccc12. The minimum atomic E-state index is 0.836. The molecule has 0 fully saturated rings. The van der Waals surface area contributed by atoms with Crippen LogP contribution >= 0.6 is 0 Å². The molecular weight excluding hydrogens is 246 g/mol. The quantitative estimate of drug-likeness (QED) is 0.710. The van der Waals surface area contributed by atoms with E-state index < -0.39 is 0 Å². The van der Waals surface area contributed by atoms with Crippen molar-refractivity contribution in [2.45, 2.75) is 46.0 Å². The molecule has 2 rings (SSSR count). The van der Waals surface area contributed by atoms with E-state index in [0.717, 1.165) is 29.1 Å². The predicted octanol–water partition coefficient (Wildman–Crippen LogP) is 4.65. The molecule has 0 saturated heterocycles. The Bertz CT molecular complexity index is 517. The number of benzene rings is 1. The van der Waals surface area contributed by atoms with Crippen molar-refractivity contribution in [1.29, 1.82) is 0 Å². The van der Waals surface area contributed by atoms with Gasteiger partial charge in [-0.3, -0.25) is 0 Å². The molecule has 0 bridgehead atoms. The van der Waals surface area contributed by atoms with Crippen molar-refractivity contribution < 1.29 is 0 Å². The van der Waals surface area contributed by atoms with Gasteiger partial charge in [-0.2, -0.15) is 10.2 Å². The molecule has 3 nitrogen and oxygen atoms in total. The molecular formula is C17H25N3. The van der Waals surface area contributed by atoms with Gasteiger partial charge in [0.1, 0.15) is 0 Å². The fourth-order valence-electron chi connectivity index (χ4n) is 2.40. The first-order valence-corrected chi connectivity index (χ1v) is 7.71. The Morgan fingerprint density at radius 2 is 1.85 bits per heavy atom. The van der Waals surface area contributed by atoms with E-state index in [1.165, 1.54) is 32.1 Å². The third-order valence-electron chi connectivity index (χ3n) is 3.57. The summed E-state index contributed by atoms with van der Waals surface area (Å²) >= 11 is 0. The molecule has 0 saturated carbocycles. The second-order valence-electron chi connectivity index (χ2n) is 5.80. The summed E-state index contributed by atoms with van der Waals surface area (Å²) in [5, 5.41) is 12.8. The van der Waals surface area contributed by atoms with Crippen LogP contribution in [0.4, 0.5) is 5.69 Å². The van der Waals surface area contributed by atoms with Gasteiger partial charge in [-0.15, -0.1) is 0 Å². The van der Waals surface area contributed by atoms with Gasteiger partial charge in [-0.05, 0) is 18.4 Å². The van der Waals surface area contributed by atoms with Crippen LogP contribution in [0, 0.1) is 5.92 Å². The van der Waals surface area contributed by atoms with Gasteiger partial charge >= 0.3 is 0 Å². The van der Waals surface area contributed by atoms with Crippen LogP contribution < -0.4 is 5.32 Å². The highest BCUT2D eigenvalue weighted by atomic mass is 15.1. The zero-order valence-corrected chi connectivity index (χ0v) is 12.6. The molecule has 108 valence electrons. The summed E-state index contributed by atoms with van der Waals surface area (Å²) < 4.78 is 0. The van der Waals surface area contributed by atoms with E-state index >= 15 is 0 Å². The number of nitrogens with one attached hydrogen (secondary N) is 1. The van der Waals surface area contributed by atoms with E-state index in [2.05, 4.69) is 35.4 Å². The maximum atomic E-state index is 4.14. The average Bonchev–Trinajstić information content (AvgIpc) is 2.46. The van der Waals surface area contributed by atoms with Crippen LogP contribution in [-0.2, 0) is 0 Å². The van der Waals surface area contributed by atoms with Crippen molar-refractivity contribution in [2.24, 2.45) is 5.92 Å². The van der Waals surface area contributed by atoms with E-state index in [-0.39, 0.29) is 0 Å².